The van der Waals surface area contributed by atoms with Crippen LogP contribution in [0.5, 0.6) is 0 Å². The Kier molecular flexibility index (Phi) is 4.33. The van der Waals surface area contributed by atoms with E-state index in [2.05, 4.69) is 17.4 Å². The predicted octanol–water partition coefficient (Wildman–Crippen LogP) is 1.73. The molecule has 20 heavy (non-hydrogen) atoms. The van der Waals surface area contributed by atoms with Crippen LogP contribution in [0, 0.1) is 0 Å². The summed E-state index contributed by atoms with van der Waals surface area (Å²) in [6.45, 7) is 3.32. The number of hydrogen-bond acceptors (Lipinski definition) is 3. The van der Waals surface area contributed by atoms with Crippen LogP contribution < -0.4 is 5.32 Å². The van der Waals surface area contributed by atoms with Crippen LogP contribution in [0.2, 0.25) is 0 Å². The van der Waals surface area contributed by atoms with E-state index in [1.807, 2.05) is 23.1 Å². The number of rotatable bonds is 2. The molecule has 4 nitrogen and oxygen atoms in total. The third-order valence-corrected chi connectivity index (χ3v) is 4.14. The van der Waals surface area contributed by atoms with Gasteiger partial charge < -0.3 is 15.0 Å². The van der Waals surface area contributed by atoms with Crippen LogP contribution in [0.15, 0.2) is 30.3 Å². The van der Waals surface area contributed by atoms with Gasteiger partial charge in [0.15, 0.2) is 0 Å². The fourth-order valence-electron chi connectivity index (χ4n) is 3.07. The van der Waals surface area contributed by atoms with E-state index in [4.69, 9.17) is 4.74 Å². The van der Waals surface area contributed by atoms with Crippen LogP contribution in [0.1, 0.15) is 30.9 Å². The van der Waals surface area contributed by atoms with Crippen LogP contribution in [0.25, 0.3) is 0 Å². The highest BCUT2D eigenvalue weighted by molar-refractivity contribution is 5.81. The molecule has 1 aromatic carbocycles. The minimum atomic E-state index is -0.223. The zero-order chi connectivity index (χ0) is 13.8. The maximum absolute atomic E-state index is 12.7. The van der Waals surface area contributed by atoms with Crippen molar-refractivity contribution in [1.82, 2.24) is 10.2 Å². The first-order chi connectivity index (χ1) is 9.86. The lowest BCUT2D eigenvalue weighted by Gasteiger charge is -2.32. The molecule has 1 N–H and O–H groups in total. The molecule has 2 unspecified atom stereocenters. The number of ether oxygens (including phenoxy) is 1. The van der Waals surface area contributed by atoms with Crippen molar-refractivity contribution in [2.24, 2.45) is 0 Å². The van der Waals surface area contributed by atoms with Gasteiger partial charge in [0.25, 0.3) is 5.91 Å². The molecule has 2 atom stereocenters. The molecule has 2 fully saturated rings. The van der Waals surface area contributed by atoms with Crippen LogP contribution in [0.4, 0.5) is 0 Å². The quantitative estimate of drug-likeness (QED) is 0.893. The molecule has 2 aliphatic heterocycles. The van der Waals surface area contributed by atoms with Crippen molar-refractivity contribution >= 4 is 5.91 Å². The molecule has 1 amide bonds. The third-order valence-electron chi connectivity index (χ3n) is 4.14. The highest BCUT2D eigenvalue weighted by atomic mass is 16.5. The highest BCUT2D eigenvalue weighted by Crippen LogP contribution is 2.25. The van der Waals surface area contributed by atoms with Gasteiger partial charge in [-0.2, -0.15) is 0 Å². The minimum absolute atomic E-state index is 0.121. The summed E-state index contributed by atoms with van der Waals surface area (Å²) in [5.41, 5.74) is 1.20. The first-order valence-electron chi connectivity index (χ1n) is 7.54. The van der Waals surface area contributed by atoms with Gasteiger partial charge in [-0.1, -0.05) is 30.3 Å². The van der Waals surface area contributed by atoms with Crippen molar-refractivity contribution < 1.29 is 9.53 Å². The molecule has 0 radical (unpaired) electrons. The monoisotopic (exact) mass is 274 g/mol. The molecule has 2 aliphatic rings. The lowest BCUT2D eigenvalue weighted by molar-refractivity contribution is -0.143. The Morgan fingerprint density at radius 3 is 2.85 bits per heavy atom. The average molecular weight is 274 g/mol. The molecular weight excluding hydrogens is 252 g/mol. The van der Waals surface area contributed by atoms with Crippen LogP contribution in [-0.4, -0.2) is 43.2 Å². The lowest BCUT2D eigenvalue weighted by atomic mass is 10.0. The third kappa shape index (κ3) is 2.86. The zero-order valence-corrected chi connectivity index (χ0v) is 11.8. The van der Waals surface area contributed by atoms with Gasteiger partial charge in [-0.25, -0.2) is 0 Å². The minimum Gasteiger partial charge on any atom is -0.368 e. The Morgan fingerprint density at radius 1 is 1.25 bits per heavy atom. The number of benzene rings is 1. The summed E-state index contributed by atoms with van der Waals surface area (Å²) < 4.78 is 5.58. The van der Waals surface area contributed by atoms with Gasteiger partial charge in [0.2, 0.25) is 0 Å². The number of nitrogens with zero attached hydrogens (tertiary/aromatic N) is 1. The van der Waals surface area contributed by atoms with Crippen molar-refractivity contribution in [1.29, 1.82) is 0 Å². The van der Waals surface area contributed by atoms with Gasteiger partial charge in [-0.3, -0.25) is 4.79 Å². The largest absolute Gasteiger partial charge is 0.368 e. The molecule has 2 saturated heterocycles. The fourth-order valence-corrected chi connectivity index (χ4v) is 3.07. The first-order valence-corrected chi connectivity index (χ1v) is 7.54. The molecule has 3 rings (SSSR count). The summed E-state index contributed by atoms with van der Waals surface area (Å²) in [7, 11) is 0. The Bertz CT molecular complexity index is 443. The number of carbonyl (C=O) groups is 1. The van der Waals surface area contributed by atoms with Crippen molar-refractivity contribution in [2.45, 2.75) is 31.4 Å². The van der Waals surface area contributed by atoms with Gasteiger partial charge in [0.05, 0.1) is 6.04 Å². The van der Waals surface area contributed by atoms with Crippen LogP contribution in [-0.2, 0) is 9.53 Å². The van der Waals surface area contributed by atoms with E-state index >= 15 is 0 Å². The van der Waals surface area contributed by atoms with E-state index in [0.29, 0.717) is 0 Å². The number of nitrogens with one attached hydrogen (secondary N) is 1. The Labute approximate surface area is 120 Å². The maximum Gasteiger partial charge on any atom is 0.252 e. The predicted molar refractivity (Wildman–Crippen MR) is 77.4 cm³/mol. The summed E-state index contributed by atoms with van der Waals surface area (Å²) in [5.74, 6) is 0.167. The zero-order valence-electron chi connectivity index (χ0n) is 11.8. The van der Waals surface area contributed by atoms with E-state index in [1.54, 1.807) is 0 Å². The first kappa shape index (κ1) is 13.6. The van der Waals surface area contributed by atoms with E-state index in [9.17, 15) is 4.79 Å². The molecule has 1 aromatic rings. The molecule has 2 heterocycles. The number of amides is 1. The van der Waals surface area contributed by atoms with Gasteiger partial charge in [0.1, 0.15) is 6.10 Å². The van der Waals surface area contributed by atoms with Crippen molar-refractivity contribution in [3.63, 3.8) is 0 Å². The van der Waals surface area contributed by atoms with Crippen LogP contribution in [0.3, 0.4) is 0 Å². The molecular formula is C16H22N2O2. The van der Waals surface area contributed by atoms with Gasteiger partial charge >= 0.3 is 0 Å². The summed E-state index contributed by atoms with van der Waals surface area (Å²) in [6, 6.07) is 10.4. The Hall–Kier alpha value is -1.39. The molecule has 0 aromatic heterocycles. The fraction of sp³-hybridized carbons (Fsp3) is 0.562. The second-order valence-corrected chi connectivity index (χ2v) is 5.52. The SMILES string of the molecule is O=C(C1CCCO1)N1CCCNCC1c1ccccc1. The molecule has 0 spiro atoms. The second-order valence-electron chi connectivity index (χ2n) is 5.52. The molecule has 0 bridgehead atoms. The smallest absolute Gasteiger partial charge is 0.252 e. The number of hydrogen-bond donors (Lipinski definition) is 1. The van der Waals surface area contributed by atoms with E-state index in [1.165, 1.54) is 5.56 Å². The summed E-state index contributed by atoms with van der Waals surface area (Å²) in [4.78, 5) is 14.7. The van der Waals surface area contributed by atoms with E-state index in [-0.39, 0.29) is 18.1 Å². The molecule has 4 heteroatoms. The topological polar surface area (TPSA) is 41.6 Å². The Morgan fingerprint density at radius 2 is 2.10 bits per heavy atom. The maximum atomic E-state index is 12.7. The van der Waals surface area contributed by atoms with E-state index in [0.717, 1.165) is 45.5 Å². The average Bonchev–Trinajstić information content (AvgIpc) is 2.92. The standard InChI is InChI=1S/C16H22N2O2/c19-16(15-8-4-11-20-15)18-10-5-9-17-12-14(18)13-6-2-1-3-7-13/h1-3,6-7,14-15,17H,4-5,8-12H2. The van der Waals surface area contributed by atoms with Gasteiger partial charge in [0, 0.05) is 19.7 Å². The molecule has 0 aliphatic carbocycles. The van der Waals surface area contributed by atoms with Crippen molar-refractivity contribution in [2.75, 3.05) is 26.2 Å². The summed E-state index contributed by atoms with van der Waals surface area (Å²) in [6.07, 6.45) is 2.64. The molecule has 0 saturated carbocycles. The van der Waals surface area contributed by atoms with E-state index < -0.39 is 0 Å². The van der Waals surface area contributed by atoms with Gasteiger partial charge in [-0.05, 0) is 31.4 Å². The Balaban J connectivity index is 1.82. The van der Waals surface area contributed by atoms with Gasteiger partial charge in [-0.15, -0.1) is 0 Å². The summed E-state index contributed by atoms with van der Waals surface area (Å²) in [5, 5.41) is 3.44. The van der Waals surface area contributed by atoms with Crippen LogP contribution >= 0.6 is 0 Å². The second kappa shape index (κ2) is 6.37. The highest BCUT2D eigenvalue weighted by Gasteiger charge is 2.33. The summed E-state index contributed by atoms with van der Waals surface area (Å²) >= 11 is 0. The normalized spacial score (nSPS) is 27.3. The van der Waals surface area contributed by atoms with Crippen molar-refractivity contribution in [3.05, 3.63) is 35.9 Å². The van der Waals surface area contributed by atoms with Crippen molar-refractivity contribution in [3.8, 4) is 0 Å². The lowest BCUT2D eigenvalue weighted by Crippen LogP contribution is -2.43. The number of carbonyl (C=O) groups excluding carboxylic acids is 1. The molecule has 108 valence electrons.